The van der Waals surface area contributed by atoms with Gasteiger partial charge in [0.25, 0.3) is 0 Å². The van der Waals surface area contributed by atoms with Gasteiger partial charge in [-0.2, -0.15) is 0 Å². The van der Waals surface area contributed by atoms with E-state index < -0.39 is 0 Å². The summed E-state index contributed by atoms with van der Waals surface area (Å²) in [4.78, 5) is 2.28. The van der Waals surface area contributed by atoms with Gasteiger partial charge in [-0.25, -0.2) is 0 Å². The molecular weight excluding hydrogens is 242 g/mol. The van der Waals surface area contributed by atoms with Crippen LogP contribution >= 0.6 is 0 Å². The summed E-state index contributed by atoms with van der Waals surface area (Å²) in [7, 11) is 2.15. The molecule has 0 radical (unpaired) electrons. The third kappa shape index (κ3) is 2.58. The first-order valence-corrected chi connectivity index (χ1v) is 7.20. The number of rotatable bonds is 2. The van der Waals surface area contributed by atoms with E-state index in [9.17, 15) is 0 Å². The van der Waals surface area contributed by atoms with Crippen molar-refractivity contribution in [1.82, 2.24) is 0 Å². The molecule has 2 aromatic carbocycles. The molecule has 1 nitrogen and oxygen atoms in total. The number of aryl methyl sites for hydroxylation is 4. The van der Waals surface area contributed by atoms with Crippen LogP contribution in [0.3, 0.4) is 0 Å². The number of hydrogen-bond acceptors (Lipinski definition) is 1. The molecular formula is C19H25N. The Kier molecular flexibility index (Phi) is 3.89. The first-order chi connectivity index (χ1) is 9.31. The number of hydrogen-bond donors (Lipinski definition) is 0. The zero-order valence-corrected chi connectivity index (χ0v) is 13.8. The lowest BCUT2D eigenvalue weighted by Gasteiger charge is -2.23. The summed E-state index contributed by atoms with van der Waals surface area (Å²) in [6.07, 6.45) is 0. The van der Waals surface area contributed by atoms with Crippen LogP contribution in [0.5, 0.6) is 0 Å². The van der Waals surface area contributed by atoms with E-state index in [1.54, 1.807) is 0 Å². The van der Waals surface area contributed by atoms with Gasteiger partial charge in [0, 0.05) is 18.4 Å². The van der Waals surface area contributed by atoms with Crippen molar-refractivity contribution >= 4 is 11.4 Å². The molecule has 106 valence electrons. The van der Waals surface area contributed by atoms with Gasteiger partial charge in [0.15, 0.2) is 0 Å². The Morgan fingerprint density at radius 3 is 1.05 bits per heavy atom. The molecule has 0 spiro atoms. The lowest BCUT2D eigenvalue weighted by Crippen LogP contribution is -2.11. The van der Waals surface area contributed by atoms with Crippen LogP contribution in [0, 0.1) is 41.5 Å². The molecule has 0 saturated carbocycles. The van der Waals surface area contributed by atoms with E-state index in [0.29, 0.717) is 0 Å². The summed E-state index contributed by atoms with van der Waals surface area (Å²) < 4.78 is 0. The summed E-state index contributed by atoms with van der Waals surface area (Å²) >= 11 is 0. The first-order valence-electron chi connectivity index (χ1n) is 7.20. The zero-order chi connectivity index (χ0) is 15.0. The lowest BCUT2D eigenvalue weighted by molar-refractivity contribution is 1.15. The lowest BCUT2D eigenvalue weighted by atomic mass is 10.0. The molecule has 0 aliphatic heterocycles. The normalized spacial score (nSPS) is 10.8. The Bertz CT molecular complexity index is 549. The minimum absolute atomic E-state index is 1.26. The molecule has 0 N–H and O–H groups in total. The fourth-order valence-corrected chi connectivity index (χ4v) is 2.56. The van der Waals surface area contributed by atoms with E-state index in [1.165, 1.54) is 44.8 Å². The quantitative estimate of drug-likeness (QED) is 0.713. The highest BCUT2D eigenvalue weighted by atomic mass is 15.1. The van der Waals surface area contributed by atoms with Gasteiger partial charge in [-0.3, -0.25) is 0 Å². The number of benzene rings is 2. The van der Waals surface area contributed by atoms with E-state index in [1.807, 2.05) is 0 Å². The second-order valence-corrected chi connectivity index (χ2v) is 5.97. The second-order valence-electron chi connectivity index (χ2n) is 5.97. The smallest absolute Gasteiger partial charge is 0.0413 e. The molecule has 0 bridgehead atoms. The Morgan fingerprint density at radius 2 is 0.800 bits per heavy atom. The van der Waals surface area contributed by atoms with Gasteiger partial charge in [-0.15, -0.1) is 0 Å². The predicted octanol–water partition coefficient (Wildman–Crippen LogP) is 5.31. The van der Waals surface area contributed by atoms with Crippen molar-refractivity contribution in [3.63, 3.8) is 0 Å². The van der Waals surface area contributed by atoms with Gasteiger partial charge in [-0.1, -0.05) is 0 Å². The monoisotopic (exact) mass is 267 g/mol. The molecule has 0 aromatic heterocycles. The molecule has 0 saturated heterocycles. The van der Waals surface area contributed by atoms with Crippen LogP contribution in [0.2, 0.25) is 0 Å². The van der Waals surface area contributed by atoms with Crippen LogP contribution in [0.4, 0.5) is 11.4 Å². The third-order valence-electron chi connectivity index (χ3n) is 4.60. The topological polar surface area (TPSA) is 3.24 Å². The van der Waals surface area contributed by atoms with Crippen LogP contribution in [-0.2, 0) is 0 Å². The summed E-state index contributed by atoms with van der Waals surface area (Å²) in [5.41, 5.74) is 10.7. The summed E-state index contributed by atoms with van der Waals surface area (Å²) in [5, 5.41) is 0. The van der Waals surface area contributed by atoms with E-state index in [-0.39, 0.29) is 0 Å². The summed E-state index contributed by atoms with van der Waals surface area (Å²) in [6, 6.07) is 9.08. The molecule has 1 heteroatoms. The van der Waals surface area contributed by atoms with Crippen LogP contribution in [0.15, 0.2) is 24.3 Å². The van der Waals surface area contributed by atoms with Crippen molar-refractivity contribution in [2.24, 2.45) is 0 Å². The Balaban J connectivity index is 2.49. The van der Waals surface area contributed by atoms with Gasteiger partial charge in [0.05, 0.1) is 0 Å². The largest absolute Gasteiger partial charge is 0.345 e. The molecule has 20 heavy (non-hydrogen) atoms. The number of anilines is 2. The van der Waals surface area contributed by atoms with Gasteiger partial charge in [-0.05, 0) is 99.2 Å². The second kappa shape index (κ2) is 5.32. The fourth-order valence-electron chi connectivity index (χ4n) is 2.56. The van der Waals surface area contributed by atoms with Gasteiger partial charge < -0.3 is 4.90 Å². The van der Waals surface area contributed by atoms with E-state index >= 15 is 0 Å². The van der Waals surface area contributed by atoms with Crippen LogP contribution in [-0.4, -0.2) is 7.05 Å². The molecule has 0 unspecified atom stereocenters. The minimum Gasteiger partial charge on any atom is -0.345 e. The SMILES string of the molecule is Cc1cc(N(C)c2cc(C)c(C)c(C)c2)cc(C)c1C. The van der Waals surface area contributed by atoms with Crippen molar-refractivity contribution in [3.8, 4) is 0 Å². The van der Waals surface area contributed by atoms with Crippen molar-refractivity contribution in [3.05, 3.63) is 57.6 Å². The molecule has 0 heterocycles. The number of nitrogens with zero attached hydrogens (tertiary/aromatic N) is 1. The highest BCUT2D eigenvalue weighted by Crippen LogP contribution is 2.30. The fraction of sp³-hybridized carbons (Fsp3) is 0.368. The Morgan fingerprint density at radius 1 is 0.550 bits per heavy atom. The maximum absolute atomic E-state index is 2.28. The van der Waals surface area contributed by atoms with Gasteiger partial charge >= 0.3 is 0 Å². The van der Waals surface area contributed by atoms with E-state index in [4.69, 9.17) is 0 Å². The van der Waals surface area contributed by atoms with Crippen LogP contribution in [0.25, 0.3) is 0 Å². The standard InChI is InChI=1S/C19H25N/c1-12-8-18(9-13(2)16(12)5)20(7)19-10-14(3)17(6)15(4)11-19/h8-11H,1-7H3. The predicted molar refractivity (Wildman–Crippen MR) is 89.4 cm³/mol. The third-order valence-corrected chi connectivity index (χ3v) is 4.60. The zero-order valence-electron chi connectivity index (χ0n) is 13.8. The van der Waals surface area contributed by atoms with Crippen molar-refractivity contribution in [2.75, 3.05) is 11.9 Å². The maximum Gasteiger partial charge on any atom is 0.0413 e. The van der Waals surface area contributed by atoms with Crippen molar-refractivity contribution in [1.29, 1.82) is 0 Å². The highest BCUT2D eigenvalue weighted by molar-refractivity contribution is 5.66. The van der Waals surface area contributed by atoms with Crippen molar-refractivity contribution in [2.45, 2.75) is 41.5 Å². The highest BCUT2D eigenvalue weighted by Gasteiger charge is 2.09. The molecule has 2 aromatic rings. The molecule has 0 atom stereocenters. The van der Waals surface area contributed by atoms with Crippen LogP contribution in [0.1, 0.15) is 33.4 Å². The summed E-state index contributed by atoms with van der Waals surface area (Å²) in [5.74, 6) is 0. The first kappa shape index (κ1) is 14.6. The molecule has 0 fully saturated rings. The van der Waals surface area contributed by atoms with Gasteiger partial charge in [0.2, 0.25) is 0 Å². The van der Waals surface area contributed by atoms with Crippen molar-refractivity contribution < 1.29 is 0 Å². The van der Waals surface area contributed by atoms with E-state index in [0.717, 1.165) is 0 Å². The minimum atomic E-state index is 1.26. The molecule has 0 amide bonds. The van der Waals surface area contributed by atoms with Crippen LogP contribution < -0.4 is 4.90 Å². The summed E-state index contributed by atoms with van der Waals surface area (Å²) in [6.45, 7) is 13.1. The Hall–Kier alpha value is -1.76. The Labute approximate surface area is 123 Å². The molecule has 0 aliphatic rings. The molecule has 0 aliphatic carbocycles. The van der Waals surface area contributed by atoms with E-state index in [2.05, 4.69) is 77.8 Å². The average Bonchev–Trinajstić information content (AvgIpc) is 2.40. The average molecular weight is 267 g/mol. The van der Waals surface area contributed by atoms with Gasteiger partial charge in [0.1, 0.15) is 0 Å². The maximum atomic E-state index is 2.28. The molecule has 2 rings (SSSR count).